The van der Waals surface area contributed by atoms with Crippen molar-refractivity contribution in [3.63, 3.8) is 0 Å². The van der Waals surface area contributed by atoms with Crippen LogP contribution in [0.1, 0.15) is 22.8 Å². The summed E-state index contributed by atoms with van der Waals surface area (Å²) in [7, 11) is 3.85. The lowest BCUT2D eigenvalue weighted by Crippen LogP contribution is -2.19. The Hall–Kier alpha value is -4.17. The number of benzene rings is 2. The van der Waals surface area contributed by atoms with Gasteiger partial charge in [0.05, 0.1) is 5.56 Å². The summed E-state index contributed by atoms with van der Waals surface area (Å²) < 4.78 is 0. The van der Waals surface area contributed by atoms with Gasteiger partial charge in [-0.05, 0) is 66.6 Å². The first-order valence-corrected chi connectivity index (χ1v) is 9.93. The minimum Gasteiger partial charge on any atom is -0.377 e. The molecule has 0 spiro atoms. The second-order valence-electron chi connectivity index (χ2n) is 7.28. The molecule has 0 bridgehead atoms. The summed E-state index contributed by atoms with van der Waals surface area (Å²) in [5.41, 5.74) is 5.08. The Kier molecular flexibility index (Phi) is 5.63. The number of nitrogens with zero attached hydrogens (tertiary/aromatic N) is 3. The van der Waals surface area contributed by atoms with Crippen molar-refractivity contribution in [2.75, 3.05) is 24.3 Å². The van der Waals surface area contributed by atoms with E-state index in [0.29, 0.717) is 17.0 Å². The van der Waals surface area contributed by atoms with E-state index in [1.54, 1.807) is 12.3 Å². The molecule has 2 heterocycles. The monoisotopic (exact) mass is 406 g/mol. The fraction of sp³-hybridized carbons (Fsp3) is 0.115. The fourth-order valence-electron chi connectivity index (χ4n) is 3.37. The molecule has 1 amide bonds. The lowest BCUT2D eigenvalue weighted by atomic mass is 10.0. The minimum absolute atomic E-state index is 0.216. The number of anilines is 2. The van der Waals surface area contributed by atoms with Crippen LogP contribution in [-0.4, -0.2) is 30.0 Å². The molecule has 0 fully saturated rings. The van der Waals surface area contributed by atoms with Gasteiger partial charge >= 0.3 is 0 Å². The zero-order chi connectivity index (χ0) is 21.8. The highest BCUT2D eigenvalue weighted by atomic mass is 16.1. The Morgan fingerprint density at radius 2 is 1.74 bits per heavy atom. The first kappa shape index (κ1) is 20.1. The summed E-state index contributed by atoms with van der Waals surface area (Å²) in [5, 5.41) is 3.82. The van der Waals surface area contributed by atoms with Gasteiger partial charge in [-0.25, -0.2) is 9.97 Å². The van der Waals surface area contributed by atoms with Crippen LogP contribution in [0.2, 0.25) is 0 Å². The zero-order valence-electron chi connectivity index (χ0n) is 17.7. The Morgan fingerprint density at radius 1 is 0.968 bits per heavy atom. The molecular weight excluding hydrogens is 384 g/mol. The van der Waals surface area contributed by atoms with E-state index < -0.39 is 0 Å². The van der Waals surface area contributed by atoms with Crippen molar-refractivity contribution < 1.29 is 4.79 Å². The summed E-state index contributed by atoms with van der Waals surface area (Å²) in [5.74, 6) is 6.21. The average Bonchev–Trinajstić information content (AvgIpc) is 2.79. The van der Waals surface area contributed by atoms with E-state index in [4.69, 9.17) is 0 Å². The van der Waals surface area contributed by atoms with Crippen molar-refractivity contribution in [1.82, 2.24) is 9.97 Å². The number of hydrogen-bond donors (Lipinski definition) is 1. The van der Waals surface area contributed by atoms with Crippen LogP contribution in [-0.2, 0) is 0 Å². The summed E-state index contributed by atoms with van der Waals surface area (Å²) >= 11 is 0. The van der Waals surface area contributed by atoms with Crippen molar-refractivity contribution in [3.8, 4) is 23.0 Å². The smallest absolute Gasteiger partial charge is 0.258 e. The van der Waals surface area contributed by atoms with Gasteiger partial charge in [0.15, 0.2) is 5.65 Å². The molecule has 5 nitrogen and oxygen atoms in total. The van der Waals surface area contributed by atoms with E-state index in [2.05, 4.69) is 27.1 Å². The molecule has 0 unspecified atom stereocenters. The molecule has 2 aromatic heterocycles. The van der Waals surface area contributed by atoms with Crippen molar-refractivity contribution in [3.05, 3.63) is 84.1 Å². The van der Waals surface area contributed by atoms with Gasteiger partial charge in [0, 0.05) is 36.9 Å². The molecule has 0 aliphatic carbocycles. The molecule has 4 rings (SSSR count). The maximum Gasteiger partial charge on any atom is 0.258 e. The van der Waals surface area contributed by atoms with E-state index in [-0.39, 0.29) is 5.91 Å². The molecule has 0 radical (unpaired) electrons. The van der Waals surface area contributed by atoms with Gasteiger partial charge in [-0.3, -0.25) is 4.79 Å². The van der Waals surface area contributed by atoms with Crippen LogP contribution in [0.4, 0.5) is 11.5 Å². The van der Waals surface area contributed by atoms with Gasteiger partial charge in [-0.15, -0.1) is 5.92 Å². The summed E-state index contributed by atoms with van der Waals surface area (Å²) in [6.07, 6.45) is 1.69. The highest BCUT2D eigenvalue weighted by molar-refractivity contribution is 6.08. The summed E-state index contributed by atoms with van der Waals surface area (Å²) in [6.45, 7) is 1.82. The molecule has 2 aromatic carbocycles. The van der Waals surface area contributed by atoms with Crippen molar-refractivity contribution in [1.29, 1.82) is 0 Å². The molecule has 152 valence electrons. The normalized spacial score (nSPS) is 10.3. The molecule has 0 saturated carbocycles. The predicted molar refractivity (Wildman–Crippen MR) is 126 cm³/mol. The number of fused-ring (bicyclic) bond motifs is 1. The summed E-state index contributed by atoms with van der Waals surface area (Å²) in [4.78, 5) is 23.6. The third kappa shape index (κ3) is 4.39. The largest absolute Gasteiger partial charge is 0.377 e. The van der Waals surface area contributed by atoms with Crippen LogP contribution in [0.3, 0.4) is 0 Å². The highest BCUT2D eigenvalue weighted by Gasteiger charge is 2.15. The lowest BCUT2D eigenvalue weighted by molar-refractivity contribution is 0.102. The van der Waals surface area contributed by atoms with Crippen LogP contribution >= 0.6 is 0 Å². The van der Waals surface area contributed by atoms with Crippen LogP contribution in [0.5, 0.6) is 0 Å². The zero-order valence-corrected chi connectivity index (χ0v) is 17.7. The molecule has 0 saturated heterocycles. The first-order valence-electron chi connectivity index (χ1n) is 9.93. The van der Waals surface area contributed by atoms with E-state index >= 15 is 0 Å². The number of pyridine rings is 2. The second-order valence-corrected chi connectivity index (χ2v) is 7.28. The number of carbonyl (C=O) groups is 1. The Bertz CT molecular complexity index is 1310. The number of rotatable bonds is 4. The Labute approximate surface area is 181 Å². The van der Waals surface area contributed by atoms with E-state index in [9.17, 15) is 4.79 Å². The molecule has 31 heavy (non-hydrogen) atoms. The van der Waals surface area contributed by atoms with Gasteiger partial charge in [0.25, 0.3) is 5.91 Å². The number of hydrogen-bond acceptors (Lipinski definition) is 4. The standard InChI is InChI=1S/C26H22N4O/c1-4-6-18-8-10-19(11-9-18)21-12-14-22(23(17-21)30(2)3)26(31)29-24-15-13-20-7-5-16-27-25(20)28-24/h5,7-17H,1-3H3,(H,27,28,29,31). The fourth-order valence-corrected chi connectivity index (χ4v) is 3.37. The molecular formula is C26H22N4O. The molecule has 1 N–H and O–H groups in total. The molecule has 0 aliphatic heterocycles. The predicted octanol–water partition coefficient (Wildman–Crippen LogP) is 4.99. The number of amides is 1. The maximum absolute atomic E-state index is 13.0. The van der Waals surface area contributed by atoms with Crippen LogP contribution in [0.25, 0.3) is 22.2 Å². The SMILES string of the molecule is CC#Cc1ccc(-c2ccc(C(=O)Nc3ccc4cccnc4n3)c(N(C)C)c2)cc1. The second kappa shape index (κ2) is 8.68. The van der Waals surface area contributed by atoms with E-state index in [1.807, 2.05) is 86.6 Å². The number of carbonyl (C=O) groups excluding carboxylic acids is 1. The van der Waals surface area contributed by atoms with Crippen LogP contribution in [0.15, 0.2) is 72.9 Å². The third-order valence-corrected chi connectivity index (χ3v) is 4.92. The third-order valence-electron chi connectivity index (χ3n) is 4.92. The molecule has 5 heteroatoms. The van der Waals surface area contributed by atoms with Crippen molar-refractivity contribution in [2.24, 2.45) is 0 Å². The van der Waals surface area contributed by atoms with E-state index in [1.165, 1.54) is 0 Å². The van der Waals surface area contributed by atoms with Gasteiger partial charge < -0.3 is 10.2 Å². The minimum atomic E-state index is -0.216. The first-order chi connectivity index (χ1) is 15.0. The highest BCUT2D eigenvalue weighted by Crippen LogP contribution is 2.28. The van der Waals surface area contributed by atoms with Gasteiger partial charge in [-0.1, -0.05) is 24.1 Å². The van der Waals surface area contributed by atoms with Crippen molar-refractivity contribution >= 4 is 28.4 Å². The number of nitrogens with one attached hydrogen (secondary N) is 1. The molecule has 0 aliphatic rings. The Morgan fingerprint density at radius 3 is 2.48 bits per heavy atom. The van der Waals surface area contributed by atoms with Gasteiger partial charge in [0.1, 0.15) is 5.82 Å². The van der Waals surface area contributed by atoms with Crippen molar-refractivity contribution in [2.45, 2.75) is 6.92 Å². The molecule has 0 atom stereocenters. The number of aromatic nitrogens is 2. The van der Waals surface area contributed by atoms with Gasteiger partial charge in [0.2, 0.25) is 0 Å². The van der Waals surface area contributed by atoms with E-state index in [0.717, 1.165) is 27.8 Å². The molecule has 4 aromatic rings. The van der Waals surface area contributed by atoms with Crippen LogP contribution < -0.4 is 10.2 Å². The van der Waals surface area contributed by atoms with Gasteiger partial charge in [-0.2, -0.15) is 0 Å². The summed E-state index contributed by atoms with van der Waals surface area (Å²) in [6, 6.07) is 21.4. The quantitative estimate of drug-likeness (QED) is 0.485. The average molecular weight is 406 g/mol. The van der Waals surface area contributed by atoms with Crippen LogP contribution in [0, 0.1) is 11.8 Å². The lowest BCUT2D eigenvalue weighted by Gasteiger charge is -2.18. The Balaban J connectivity index is 1.63. The maximum atomic E-state index is 13.0. The topological polar surface area (TPSA) is 58.1 Å².